The minimum atomic E-state index is -1.98. The highest BCUT2D eigenvalue weighted by molar-refractivity contribution is 6.53. The van der Waals surface area contributed by atoms with Crippen molar-refractivity contribution in [1.29, 1.82) is 0 Å². The fourth-order valence-electron chi connectivity index (χ4n) is 7.67. The fourth-order valence-corrected chi connectivity index (χ4v) is 8.69. The second-order valence-electron chi connectivity index (χ2n) is 12.2. The SMILES string of the molecule is CN1C(=O)[C@]2(Cl)C[C@@H]3C(=CC[C@@H]4C(=O)N(Cc5ccccc5)C(=O)[C@@H]43)[C@H](c3ccc(OCc4ccccc4)cc3O)[C@]2(Cl)C1=O. The first kappa shape index (κ1) is 29.6. The van der Waals surface area contributed by atoms with Crippen LogP contribution in [0.3, 0.4) is 0 Å². The number of hydrogen-bond acceptors (Lipinski definition) is 6. The van der Waals surface area contributed by atoms with E-state index >= 15 is 0 Å². The maximum Gasteiger partial charge on any atom is 0.253 e. The summed E-state index contributed by atoms with van der Waals surface area (Å²) >= 11 is 14.5. The van der Waals surface area contributed by atoms with Gasteiger partial charge in [0.05, 0.1) is 18.4 Å². The maximum atomic E-state index is 14.0. The lowest BCUT2D eigenvalue weighted by molar-refractivity contribution is -0.141. The van der Waals surface area contributed by atoms with Crippen molar-refractivity contribution < 1.29 is 29.0 Å². The maximum absolute atomic E-state index is 14.0. The van der Waals surface area contributed by atoms with Gasteiger partial charge in [-0.25, -0.2) is 0 Å². The standard InChI is InChI=1S/C35H30Cl2N2O6/c1-38-32(43)34(36)17-26-23(14-15-25-28(26)31(42)39(30(25)41)18-20-8-4-2-5-9-20)29(35(34,37)33(38)44)24-13-12-22(16-27(24)40)45-19-21-10-6-3-7-11-21/h2-14,16,25-26,28-29,40H,15,17-19H2,1H3/t25-,26+,28-,29+,34+,35-/m0/s1. The molecule has 3 aromatic carbocycles. The van der Waals surface area contributed by atoms with Crippen LogP contribution in [0.25, 0.3) is 0 Å². The second kappa shape index (κ2) is 10.7. The summed E-state index contributed by atoms with van der Waals surface area (Å²) in [6, 6.07) is 23.6. The van der Waals surface area contributed by atoms with Gasteiger partial charge in [0.15, 0.2) is 9.75 Å². The molecule has 2 aliphatic carbocycles. The van der Waals surface area contributed by atoms with Crippen LogP contribution in [-0.2, 0) is 32.3 Å². The van der Waals surface area contributed by atoms with E-state index in [2.05, 4.69) is 0 Å². The number of amides is 4. The summed E-state index contributed by atoms with van der Waals surface area (Å²) in [4.78, 5) is 53.4. The number of carbonyl (C=O) groups is 4. The molecule has 0 radical (unpaired) electrons. The third kappa shape index (κ3) is 4.33. The summed E-state index contributed by atoms with van der Waals surface area (Å²) in [5, 5.41) is 11.4. The Morgan fingerprint density at radius 2 is 1.53 bits per heavy atom. The van der Waals surface area contributed by atoms with Gasteiger partial charge in [0.1, 0.15) is 18.1 Å². The lowest BCUT2D eigenvalue weighted by Crippen LogP contribution is -2.60. The van der Waals surface area contributed by atoms with E-state index < -0.39 is 45.2 Å². The number of halogens is 2. The molecule has 45 heavy (non-hydrogen) atoms. The van der Waals surface area contributed by atoms with Crippen molar-refractivity contribution in [3.8, 4) is 11.5 Å². The quantitative estimate of drug-likeness (QED) is 0.226. The molecular formula is C35H30Cl2N2O6. The van der Waals surface area contributed by atoms with Crippen molar-refractivity contribution in [3.05, 3.63) is 107 Å². The Hall–Kier alpha value is -4.14. The molecule has 230 valence electrons. The molecule has 0 aromatic heterocycles. The first-order valence-corrected chi connectivity index (χ1v) is 15.6. The zero-order chi connectivity index (χ0) is 31.7. The molecule has 2 aliphatic heterocycles. The molecule has 4 aliphatic rings. The number of alkyl halides is 2. The Morgan fingerprint density at radius 1 is 0.867 bits per heavy atom. The Bertz CT molecular complexity index is 1760. The molecule has 4 amide bonds. The molecule has 1 saturated carbocycles. The van der Waals surface area contributed by atoms with Crippen LogP contribution in [0.15, 0.2) is 90.5 Å². The molecule has 1 N–H and O–H groups in total. The highest BCUT2D eigenvalue weighted by atomic mass is 35.5. The van der Waals surface area contributed by atoms with Crippen LogP contribution in [0.2, 0.25) is 0 Å². The van der Waals surface area contributed by atoms with Gasteiger partial charge in [-0.2, -0.15) is 0 Å². The average Bonchev–Trinajstić information content (AvgIpc) is 3.36. The summed E-state index contributed by atoms with van der Waals surface area (Å²) in [6.45, 7) is 0.408. The summed E-state index contributed by atoms with van der Waals surface area (Å²) in [7, 11) is 1.33. The summed E-state index contributed by atoms with van der Waals surface area (Å²) in [5.74, 6) is -4.90. The summed E-state index contributed by atoms with van der Waals surface area (Å²) in [5.41, 5.74) is 2.67. The number of phenols is 1. The van der Waals surface area contributed by atoms with E-state index in [4.69, 9.17) is 27.9 Å². The highest BCUT2D eigenvalue weighted by Gasteiger charge is 2.76. The number of hydrogen-bond donors (Lipinski definition) is 1. The monoisotopic (exact) mass is 644 g/mol. The fraction of sp³-hybridized carbons (Fsp3) is 0.314. The molecule has 3 fully saturated rings. The molecular weight excluding hydrogens is 615 g/mol. The number of imide groups is 2. The van der Waals surface area contributed by atoms with Crippen molar-refractivity contribution in [2.24, 2.45) is 17.8 Å². The van der Waals surface area contributed by atoms with E-state index in [1.807, 2.05) is 66.7 Å². The number of allylic oxidation sites excluding steroid dienone is 2. The molecule has 0 bridgehead atoms. The molecule has 0 spiro atoms. The average molecular weight is 646 g/mol. The van der Waals surface area contributed by atoms with Crippen LogP contribution in [0.5, 0.6) is 11.5 Å². The first-order chi connectivity index (χ1) is 21.6. The van der Waals surface area contributed by atoms with Crippen molar-refractivity contribution in [1.82, 2.24) is 9.80 Å². The molecule has 2 heterocycles. The number of ether oxygens (including phenoxy) is 1. The van der Waals surface area contributed by atoms with Crippen molar-refractivity contribution >= 4 is 46.8 Å². The number of nitrogens with zero attached hydrogens (tertiary/aromatic N) is 2. The van der Waals surface area contributed by atoms with Crippen LogP contribution in [0.4, 0.5) is 0 Å². The zero-order valence-corrected chi connectivity index (χ0v) is 25.9. The zero-order valence-electron chi connectivity index (χ0n) is 24.4. The molecule has 2 saturated heterocycles. The van der Waals surface area contributed by atoms with Crippen LogP contribution in [0.1, 0.15) is 35.4 Å². The number of benzene rings is 3. The smallest absolute Gasteiger partial charge is 0.253 e. The van der Waals surface area contributed by atoms with Crippen molar-refractivity contribution in [3.63, 3.8) is 0 Å². The van der Waals surface area contributed by atoms with Gasteiger partial charge >= 0.3 is 0 Å². The first-order valence-electron chi connectivity index (χ1n) is 14.9. The van der Waals surface area contributed by atoms with E-state index in [0.29, 0.717) is 11.3 Å². The number of carbonyl (C=O) groups excluding carboxylic acids is 4. The third-order valence-corrected chi connectivity index (χ3v) is 11.3. The van der Waals surface area contributed by atoms with E-state index in [-0.39, 0.29) is 49.1 Å². The van der Waals surface area contributed by atoms with E-state index in [1.165, 1.54) is 18.0 Å². The number of phenolic OH excluding ortho intramolecular Hbond substituents is 1. The van der Waals surface area contributed by atoms with Gasteiger partial charge in [-0.05, 0) is 36.0 Å². The number of fused-ring (bicyclic) bond motifs is 4. The van der Waals surface area contributed by atoms with Crippen LogP contribution in [-0.4, -0.2) is 55.3 Å². The van der Waals surface area contributed by atoms with Crippen molar-refractivity contribution in [2.45, 2.75) is 41.7 Å². The third-order valence-electron chi connectivity index (χ3n) is 9.85. The van der Waals surface area contributed by atoms with E-state index in [1.54, 1.807) is 12.1 Å². The Kier molecular flexibility index (Phi) is 7.06. The minimum absolute atomic E-state index is 0.103. The topological polar surface area (TPSA) is 104 Å². The van der Waals surface area contributed by atoms with Gasteiger partial charge in [0, 0.05) is 24.6 Å². The Balaban J connectivity index is 1.28. The molecule has 6 atom stereocenters. The van der Waals surface area contributed by atoms with Crippen LogP contribution < -0.4 is 4.74 Å². The summed E-state index contributed by atoms with van der Waals surface area (Å²) < 4.78 is 5.90. The van der Waals surface area contributed by atoms with Gasteiger partial charge in [-0.15, -0.1) is 23.2 Å². The van der Waals surface area contributed by atoms with Gasteiger partial charge in [0.25, 0.3) is 11.8 Å². The molecule has 0 unspecified atom stereocenters. The predicted octanol–water partition coefficient (Wildman–Crippen LogP) is 5.16. The molecule has 3 aromatic rings. The lowest BCUT2D eigenvalue weighted by atomic mass is 9.56. The molecule has 10 heteroatoms. The normalized spacial score (nSPS) is 30.6. The predicted molar refractivity (Wildman–Crippen MR) is 166 cm³/mol. The molecule has 7 rings (SSSR count). The number of aromatic hydroxyl groups is 1. The van der Waals surface area contributed by atoms with Gasteiger partial charge < -0.3 is 9.84 Å². The van der Waals surface area contributed by atoms with Crippen LogP contribution >= 0.6 is 23.2 Å². The lowest BCUT2D eigenvalue weighted by Gasteiger charge is -2.50. The van der Waals surface area contributed by atoms with E-state index in [0.717, 1.165) is 16.0 Å². The highest BCUT2D eigenvalue weighted by Crippen LogP contribution is 2.66. The van der Waals surface area contributed by atoms with E-state index in [9.17, 15) is 24.3 Å². The minimum Gasteiger partial charge on any atom is -0.508 e. The number of likely N-dealkylation sites (tertiary alicyclic amines) is 2. The second-order valence-corrected chi connectivity index (χ2v) is 13.5. The van der Waals surface area contributed by atoms with Gasteiger partial charge in [-0.3, -0.25) is 29.0 Å². The molecule has 8 nitrogen and oxygen atoms in total. The van der Waals surface area contributed by atoms with Gasteiger partial charge in [-0.1, -0.05) is 78.4 Å². The number of rotatable bonds is 6. The Labute approximate surface area is 270 Å². The Morgan fingerprint density at radius 3 is 2.20 bits per heavy atom. The van der Waals surface area contributed by atoms with Gasteiger partial charge in [0.2, 0.25) is 11.8 Å². The summed E-state index contributed by atoms with van der Waals surface area (Å²) in [6.07, 6.45) is 2.00. The van der Waals surface area contributed by atoms with Crippen LogP contribution in [0, 0.1) is 17.8 Å². The van der Waals surface area contributed by atoms with Crippen molar-refractivity contribution in [2.75, 3.05) is 7.05 Å². The largest absolute Gasteiger partial charge is 0.508 e.